The summed E-state index contributed by atoms with van der Waals surface area (Å²) in [4.78, 5) is 16.8. The molecule has 4 rings (SSSR count). The van der Waals surface area contributed by atoms with Gasteiger partial charge in [-0.25, -0.2) is 0 Å². The normalized spacial score (nSPS) is 21.8. The molecule has 2 aromatic rings. The largest absolute Gasteiger partial charge is 0.368 e. The van der Waals surface area contributed by atoms with Gasteiger partial charge in [-0.2, -0.15) is 0 Å². The predicted molar refractivity (Wildman–Crippen MR) is 74.8 cm³/mol. The first-order valence-corrected chi connectivity index (χ1v) is 6.88. The molecule has 3 heterocycles. The standard InChI is InChI=1S/C16H16N2O/c19-10-11-5-6-15-16-13(7-8-18(15)9-11)12-3-1-2-4-14(12)17-16/h1-4,9-10,15,17H,5-8H2. The van der Waals surface area contributed by atoms with Crippen LogP contribution < -0.4 is 0 Å². The highest BCUT2D eigenvalue weighted by Gasteiger charge is 2.31. The van der Waals surface area contributed by atoms with Crippen molar-refractivity contribution in [1.29, 1.82) is 0 Å². The molecule has 1 aromatic heterocycles. The summed E-state index contributed by atoms with van der Waals surface area (Å²) in [5, 5.41) is 1.36. The van der Waals surface area contributed by atoms with E-state index in [2.05, 4.69) is 40.3 Å². The molecule has 0 spiro atoms. The molecule has 0 radical (unpaired) electrons. The highest BCUT2D eigenvalue weighted by atomic mass is 16.1. The molecule has 0 fully saturated rings. The fraction of sp³-hybridized carbons (Fsp3) is 0.312. The number of aromatic nitrogens is 1. The Bertz CT molecular complexity index is 683. The Hall–Kier alpha value is -2.03. The summed E-state index contributed by atoms with van der Waals surface area (Å²) in [7, 11) is 0. The van der Waals surface area contributed by atoms with Crippen molar-refractivity contribution in [3.05, 3.63) is 47.3 Å². The van der Waals surface area contributed by atoms with Crippen molar-refractivity contribution < 1.29 is 4.79 Å². The number of aldehydes is 1. The van der Waals surface area contributed by atoms with E-state index in [0.29, 0.717) is 6.04 Å². The van der Waals surface area contributed by atoms with Crippen LogP contribution in [0.5, 0.6) is 0 Å². The summed E-state index contributed by atoms with van der Waals surface area (Å²) in [5.41, 5.74) is 4.99. The summed E-state index contributed by atoms with van der Waals surface area (Å²) in [5.74, 6) is 0. The Balaban J connectivity index is 1.84. The molecule has 2 aliphatic heterocycles. The van der Waals surface area contributed by atoms with Gasteiger partial charge in [0.1, 0.15) is 6.29 Å². The average Bonchev–Trinajstić information content (AvgIpc) is 2.85. The number of nitrogens with one attached hydrogen (secondary N) is 1. The zero-order valence-electron chi connectivity index (χ0n) is 10.7. The van der Waals surface area contributed by atoms with Crippen LogP contribution in [0.25, 0.3) is 10.9 Å². The number of aromatic amines is 1. The van der Waals surface area contributed by atoms with Crippen molar-refractivity contribution in [2.75, 3.05) is 6.54 Å². The van der Waals surface area contributed by atoms with Gasteiger partial charge < -0.3 is 9.88 Å². The highest BCUT2D eigenvalue weighted by Crippen LogP contribution is 2.39. The third kappa shape index (κ3) is 1.54. The molecule has 96 valence electrons. The molecule has 0 aliphatic carbocycles. The quantitative estimate of drug-likeness (QED) is 0.792. The van der Waals surface area contributed by atoms with E-state index in [9.17, 15) is 4.79 Å². The number of hydrogen-bond donors (Lipinski definition) is 1. The van der Waals surface area contributed by atoms with Crippen LogP contribution in [0.2, 0.25) is 0 Å². The van der Waals surface area contributed by atoms with Gasteiger partial charge in [-0.05, 0) is 30.9 Å². The molecule has 1 atom stereocenters. The van der Waals surface area contributed by atoms with E-state index in [1.54, 1.807) is 0 Å². The van der Waals surface area contributed by atoms with Gasteiger partial charge in [0, 0.05) is 34.9 Å². The number of H-pyrrole nitrogens is 1. The SMILES string of the molecule is O=CC1=CN2CCc3c([nH]c4ccccc34)C2CC1. The molecule has 0 bridgehead atoms. The molecule has 0 saturated heterocycles. The smallest absolute Gasteiger partial charge is 0.147 e. The maximum Gasteiger partial charge on any atom is 0.147 e. The van der Waals surface area contributed by atoms with Crippen LogP contribution in [0.4, 0.5) is 0 Å². The van der Waals surface area contributed by atoms with Gasteiger partial charge in [0.15, 0.2) is 0 Å². The first kappa shape index (κ1) is 10.9. The second-order valence-corrected chi connectivity index (χ2v) is 5.43. The van der Waals surface area contributed by atoms with E-state index >= 15 is 0 Å². The van der Waals surface area contributed by atoms with Crippen LogP contribution in [-0.4, -0.2) is 22.7 Å². The summed E-state index contributed by atoms with van der Waals surface area (Å²) in [6, 6.07) is 8.95. The molecule has 1 aromatic carbocycles. The number of para-hydroxylation sites is 1. The molecule has 1 unspecified atom stereocenters. The molecular formula is C16H16N2O. The Labute approximate surface area is 111 Å². The Morgan fingerprint density at radius 3 is 3.05 bits per heavy atom. The summed E-state index contributed by atoms with van der Waals surface area (Å²) in [6.45, 7) is 1.01. The van der Waals surface area contributed by atoms with E-state index < -0.39 is 0 Å². The van der Waals surface area contributed by atoms with Crippen LogP contribution >= 0.6 is 0 Å². The van der Waals surface area contributed by atoms with Gasteiger partial charge in [0.05, 0.1) is 6.04 Å². The summed E-state index contributed by atoms with van der Waals surface area (Å²) >= 11 is 0. The first-order chi connectivity index (χ1) is 9.36. The molecule has 19 heavy (non-hydrogen) atoms. The van der Waals surface area contributed by atoms with Crippen molar-refractivity contribution in [2.45, 2.75) is 25.3 Å². The fourth-order valence-corrected chi connectivity index (χ4v) is 3.47. The van der Waals surface area contributed by atoms with Gasteiger partial charge in [-0.3, -0.25) is 4.79 Å². The van der Waals surface area contributed by atoms with E-state index in [0.717, 1.165) is 37.7 Å². The Morgan fingerprint density at radius 2 is 2.16 bits per heavy atom. The van der Waals surface area contributed by atoms with E-state index in [1.807, 2.05) is 0 Å². The number of fused-ring (bicyclic) bond motifs is 5. The number of carbonyl (C=O) groups is 1. The van der Waals surface area contributed by atoms with Crippen molar-refractivity contribution in [2.24, 2.45) is 0 Å². The van der Waals surface area contributed by atoms with Crippen molar-refractivity contribution in [1.82, 2.24) is 9.88 Å². The molecule has 2 aliphatic rings. The monoisotopic (exact) mass is 252 g/mol. The number of hydrogen-bond acceptors (Lipinski definition) is 2. The lowest BCUT2D eigenvalue weighted by molar-refractivity contribution is -0.105. The lowest BCUT2D eigenvalue weighted by Gasteiger charge is -2.38. The van der Waals surface area contributed by atoms with Crippen LogP contribution in [0.15, 0.2) is 36.0 Å². The lowest BCUT2D eigenvalue weighted by Crippen LogP contribution is -2.34. The fourth-order valence-electron chi connectivity index (χ4n) is 3.47. The van der Waals surface area contributed by atoms with E-state index in [1.165, 1.54) is 22.2 Å². The van der Waals surface area contributed by atoms with Crippen molar-refractivity contribution >= 4 is 17.2 Å². The second-order valence-electron chi connectivity index (χ2n) is 5.43. The van der Waals surface area contributed by atoms with E-state index in [4.69, 9.17) is 0 Å². The van der Waals surface area contributed by atoms with Crippen LogP contribution in [0.1, 0.15) is 30.1 Å². The lowest BCUT2D eigenvalue weighted by atomic mass is 9.91. The minimum absolute atomic E-state index is 0.417. The molecule has 3 nitrogen and oxygen atoms in total. The molecule has 0 amide bonds. The molecule has 3 heteroatoms. The van der Waals surface area contributed by atoms with Gasteiger partial charge in [0.25, 0.3) is 0 Å². The maximum atomic E-state index is 10.9. The second kappa shape index (κ2) is 3.98. The third-order valence-corrected chi connectivity index (χ3v) is 4.39. The minimum Gasteiger partial charge on any atom is -0.368 e. The van der Waals surface area contributed by atoms with Crippen LogP contribution in [0.3, 0.4) is 0 Å². The summed E-state index contributed by atoms with van der Waals surface area (Å²) < 4.78 is 0. The Kier molecular flexibility index (Phi) is 2.28. The van der Waals surface area contributed by atoms with Gasteiger partial charge in [0.2, 0.25) is 0 Å². The Morgan fingerprint density at radius 1 is 1.26 bits per heavy atom. The number of nitrogens with zero attached hydrogens (tertiary/aromatic N) is 1. The number of carbonyl (C=O) groups excluding carboxylic acids is 1. The summed E-state index contributed by atoms with van der Waals surface area (Å²) in [6.07, 6.45) is 6.02. The van der Waals surface area contributed by atoms with Crippen molar-refractivity contribution in [3.8, 4) is 0 Å². The molecular weight excluding hydrogens is 236 g/mol. The van der Waals surface area contributed by atoms with Crippen molar-refractivity contribution in [3.63, 3.8) is 0 Å². The average molecular weight is 252 g/mol. The number of allylic oxidation sites excluding steroid dienone is 1. The van der Waals surface area contributed by atoms with E-state index in [-0.39, 0.29) is 0 Å². The highest BCUT2D eigenvalue weighted by molar-refractivity contribution is 5.85. The van der Waals surface area contributed by atoms with Gasteiger partial charge >= 0.3 is 0 Å². The minimum atomic E-state index is 0.417. The predicted octanol–water partition coefficient (Wildman–Crippen LogP) is 2.94. The zero-order chi connectivity index (χ0) is 12.8. The topological polar surface area (TPSA) is 36.1 Å². The first-order valence-electron chi connectivity index (χ1n) is 6.88. The van der Waals surface area contributed by atoms with Gasteiger partial charge in [-0.15, -0.1) is 0 Å². The van der Waals surface area contributed by atoms with Crippen LogP contribution in [0, 0.1) is 0 Å². The molecule has 1 N–H and O–H groups in total. The zero-order valence-corrected chi connectivity index (χ0v) is 10.7. The number of benzene rings is 1. The molecule has 0 saturated carbocycles. The number of rotatable bonds is 1. The van der Waals surface area contributed by atoms with Crippen LogP contribution in [-0.2, 0) is 11.2 Å². The maximum absolute atomic E-state index is 10.9. The third-order valence-electron chi connectivity index (χ3n) is 4.39. The van der Waals surface area contributed by atoms with Gasteiger partial charge in [-0.1, -0.05) is 18.2 Å².